The van der Waals surface area contributed by atoms with Gasteiger partial charge in [0, 0.05) is 27.3 Å². The quantitative estimate of drug-likeness (QED) is 0.701. The molecule has 3 rings (SSSR count). The molecule has 0 unspecified atom stereocenters. The van der Waals surface area contributed by atoms with Gasteiger partial charge < -0.3 is 5.73 Å². The molecule has 2 heterocycles. The summed E-state index contributed by atoms with van der Waals surface area (Å²) in [5, 5.41) is 3.05. The summed E-state index contributed by atoms with van der Waals surface area (Å²) in [5.41, 5.74) is 10.0. The van der Waals surface area contributed by atoms with Gasteiger partial charge in [0.2, 0.25) is 0 Å². The predicted octanol–water partition coefficient (Wildman–Crippen LogP) is 3.29. The molecule has 16 heavy (non-hydrogen) atoms. The van der Waals surface area contributed by atoms with E-state index in [9.17, 15) is 0 Å². The number of fused-ring (bicyclic) bond motifs is 2. The lowest BCUT2D eigenvalue weighted by atomic mass is 10.1. The normalized spacial score (nSPS) is 14.7. The van der Waals surface area contributed by atoms with Gasteiger partial charge in [-0.05, 0) is 11.5 Å². The minimum atomic E-state index is 0.841. The second-order valence-electron chi connectivity index (χ2n) is 3.68. The van der Waals surface area contributed by atoms with Crippen LogP contribution in [0, 0.1) is 0 Å². The number of nitrogen functional groups attached to an aromatic ring is 1. The Balaban J connectivity index is 2.42. The number of para-hydroxylation sites is 1. The predicted molar refractivity (Wildman–Crippen MR) is 74.4 cm³/mol. The third-order valence-corrected chi connectivity index (χ3v) is 4.08. The third-order valence-electron chi connectivity index (χ3n) is 2.70. The monoisotopic (exact) mass is 246 g/mol. The van der Waals surface area contributed by atoms with Crippen LogP contribution in [0.2, 0.25) is 0 Å². The molecule has 0 bridgehead atoms. The summed E-state index contributed by atoms with van der Waals surface area (Å²) in [4.78, 5) is 5.53. The van der Waals surface area contributed by atoms with Crippen LogP contribution in [0.3, 0.4) is 0 Å². The van der Waals surface area contributed by atoms with Crippen LogP contribution in [0.5, 0.6) is 0 Å². The van der Waals surface area contributed by atoms with Gasteiger partial charge in [-0.1, -0.05) is 18.2 Å². The lowest BCUT2D eigenvalue weighted by Crippen LogP contribution is -2.03. The van der Waals surface area contributed by atoms with Crippen LogP contribution in [0.4, 0.5) is 5.69 Å². The Morgan fingerprint density at radius 3 is 3.00 bits per heavy atom. The van der Waals surface area contributed by atoms with E-state index in [4.69, 9.17) is 5.73 Å². The molecule has 80 valence electrons. The lowest BCUT2D eigenvalue weighted by molar-refractivity contribution is 1.27. The number of benzene rings is 1. The Morgan fingerprint density at radius 1 is 1.31 bits per heavy atom. The Kier molecular flexibility index (Phi) is 2.33. The van der Waals surface area contributed by atoms with Gasteiger partial charge in [-0.2, -0.15) is 0 Å². The zero-order valence-corrected chi connectivity index (χ0v) is 10.2. The van der Waals surface area contributed by atoms with Crippen molar-refractivity contribution in [3.05, 3.63) is 40.9 Å². The highest BCUT2D eigenvalue weighted by Gasteiger charge is 2.17. The van der Waals surface area contributed by atoms with Gasteiger partial charge in [-0.15, -0.1) is 24.4 Å². The number of thiol groups is 1. The highest BCUT2D eigenvalue weighted by molar-refractivity contribution is 8.03. The smallest absolute Gasteiger partial charge is 0.0836 e. The molecule has 0 saturated heterocycles. The van der Waals surface area contributed by atoms with Crippen LogP contribution in [0.15, 0.2) is 29.7 Å². The van der Waals surface area contributed by atoms with Crippen molar-refractivity contribution in [2.24, 2.45) is 0 Å². The SMILES string of the molecule is Nc1c2c(nc3ccccc13)C(S)=CSC2. The number of hydrogen-bond donors (Lipinski definition) is 2. The average Bonchev–Trinajstić information content (AvgIpc) is 2.31. The molecule has 0 fully saturated rings. The molecule has 2 aromatic rings. The first-order valence-corrected chi connectivity index (χ1v) is 6.45. The molecule has 0 aliphatic carbocycles. The first kappa shape index (κ1) is 10.1. The van der Waals surface area contributed by atoms with E-state index < -0.39 is 0 Å². The molecule has 2 nitrogen and oxygen atoms in total. The van der Waals surface area contributed by atoms with Crippen molar-refractivity contribution < 1.29 is 0 Å². The number of pyridine rings is 1. The molecule has 1 aromatic carbocycles. The summed E-state index contributed by atoms with van der Waals surface area (Å²) >= 11 is 6.15. The van der Waals surface area contributed by atoms with Gasteiger partial charge >= 0.3 is 0 Å². The van der Waals surface area contributed by atoms with Crippen LogP contribution in [-0.2, 0) is 5.75 Å². The summed E-state index contributed by atoms with van der Waals surface area (Å²) < 4.78 is 0. The van der Waals surface area contributed by atoms with Crippen LogP contribution < -0.4 is 5.73 Å². The van der Waals surface area contributed by atoms with Crippen molar-refractivity contribution in [3.8, 4) is 0 Å². The molecule has 0 spiro atoms. The van der Waals surface area contributed by atoms with Crippen molar-refractivity contribution in [2.45, 2.75) is 5.75 Å². The number of thioether (sulfide) groups is 1. The number of nitrogens with two attached hydrogens (primary N) is 1. The fourth-order valence-corrected chi connectivity index (χ4v) is 3.11. The minimum absolute atomic E-state index is 0.841. The first-order chi connectivity index (χ1) is 7.77. The molecule has 0 amide bonds. The van der Waals surface area contributed by atoms with E-state index in [0.717, 1.165) is 38.5 Å². The highest BCUT2D eigenvalue weighted by Crippen LogP contribution is 2.38. The van der Waals surface area contributed by atoms with Crippen molar-refractivity contribution in [1.29, 1.82) is 0 Å². The van der Waals surface area contributed by atoms with Gasteiger partial charge in [-0.3, -0.25) is 0 Å². The Morgan fingerprint density at radius 2 is 2.12 bits per heavy atom. The largest absolute Gasteiger partial charge is 0.398 e. The highest BCUT2D eigenvalue weighted by atomic mass is 32.2. The van der Waals surface area contributed by atoms with E-state index in [1.807, 2.05) is 29.7 Å². The zero-order chi connectivity index (χ0) is 11.1. The Hall–Kier alpha value is -1.13. The topological polar surface area (TPSA) is 38.9 Å². The molecule has 1 aliphatic rings. The fourth-order valence-electron chi connectivity index (χ4n) is 1.89. The average molecular weight is 246 g/mol. The molecule has 0 saturated carbocycles. The number of nitrogens with zero attached hydrogens (tertiary/aromatic N) is 1. The number of aromatic nitrogens is 1. The van der Waals surface area contributed by atoms with Crippen molar-refractivity contribution in [2.75, 3.05) is 5.73 Å². The molecule has 1 aromatic heterocycles. The van der Waals surface area contributed by atoms with E-state index in [2.05, 4.69) is 17.6 Å². The Labute approximate surface area is 103 Å². The van der Waals surface area contributed by atoms with E-state index in [0.29, 0.717) is 0 Å². The molecule has 0 radical (unpaired) electrons. The van der Waals surface area contributed by atoms with Crippen LogP contribution in [0.1, 0.15) is 11.3 Å². The number of hydrogen-bond acceptors (Lipinski definition) is 4. The van der Waals surface area contributed by atoms with Crippen molar-refractivity contribution >= 4 is 45.9 Å². The number of rotatable bonds is 0. The van der Waals surface area contributed by atoms with Crippen LogP contribution in [0.25, 0.3) is 15.8 Å². The molecule has 0 atom stereocenters. The summed E-state index contributed by atoms with van der Waals surface area (Å²) in [5.74, 6) is 0.878. The summed E-state index contributed by atoms with van der Waals surface area (Å²) in [6.07, 6.45) is 0. The standard InChI is InChI=1S/C12H10N2S2/c13-11-7-3-1-2-4-9(7)14-12-8(11)5-16-6-10(12)15/h1-4,6,15H,5H2,(H2,13,14). The lowest BCUT2D eigenvalue weighted by Gasteiger charge is -2.17. The maximum atomic E-state index is 6.19. The maximum Gasteiger partial charge on any atom is 0.0836 e. The second-order valence-corrected chi connectivity index (χ2v) is 5.02. The molecule has 1 aliphatic heterocycles. The van der Waals surface area contributed by atoms with Crippen LogP contribution in [-0.4, -0.2) is 4.98 Å². The molecular weight excluding hydrogens is 236 g/mol. The van der Waals surface area contributed by atoms with E-state index in [1.54, 1.807) is 11.8 Å². The van der Waals surface area contributed by atoms with Gasteiger partial charge in [0.25, 0.3) is 0 Å². The minimum Gasteiger partial charge on any atom is -0.398 e. The van der Waals surface area contributed by atoms with Gasteiger partial charge in [0.1, 0.15) is 0 Å². The molecule has 4 heteroatoms. The van der Waals surface area contributed by atoms with E-state index in [-0.39, 0.29) is 0 Å². The summed E-state index contributed by atoms with van der Waals surface area (Å²) in [7, 11) is 0. The van der Waals surface area contributed by atoms with E-state index >= 15 is 0 Å². The van der Waals surface area contributed by atoms with Crippen molar-refractivity contribution in [3.63, 3.8) is 0 Å². The van der Waals surface area contributed by atoms with Crippen molar-refractivity contribution in [1.82, 2.24) is 4.98 Å². The van der Waals surface area contributed by atoms with Gasteiger partial charge in [0.05, 0.1) is 11.2 Å². The third kappa shape index (κ3) is 1.41. The fraction of sp³-hybridized carbons (Fsp3) is 0.0833. The van der Waals surface area contributed by atoms with Gasteiger partial charge in [-0.25, -0.2) is 4.98 Å². The molecular formula is C12H10N2S2. The van der Waals surface area contributed by atoms with E-state index in [1.165, 1.54) is 0 Å². The second kappa shape index (κ2) is 3.71. The zero-order valence-electron chi connectivity index (χ0n) is 8.47. The van der Waals surface area contributed by atoms with Gasteiger partial charge in [0.15, 0.2) is 0 Å². The Bertz CT molecular complexity index is 605. The molecule has 2 N–H and O–H groups in total. The van der Waals surface area contributed by atoms with Crippen LogP contribution >= 0.6 is 24.4 Å². The maximum absolute atomic E-state index is 6.19. The first-order valence-electron chi connectivity index (χ1n) is 4.95. The number of anilines is 1. The summed E-state index contributed by atoms with van der Waals surface area (Å²) in [6, 6.07) is 7.95. The summed E-state index contributed by atoms with van der Waals surface area (Å²) in [6.45, 7) is 0.